The Bertz CT molecular complexity index is 641. The predicted molar refractivity (Wildman–Crippen MR) is 84.1 cm³/mol. The molecule has 0 aliphatic rings. The van der Waals surface area contributed by atoms with E-state index in [1.54, 1.807) is 17.8 Å². The number of aromatic nitrogens is 1. The minimum Gasteiger partial charge on any atom is -0.258 e. The lowest BCUT2D eigenvalue weighted by atomic mass is 10.2. The molecule has 1 heterocycles. The summed E-state index contributed by atoms with van der Waals surface area (Å²) in [5, 5.41) is 11.8. The fraction of sp³-hybridized carbons (Fsp3) is 0.214. The van der Waals surface area contributed by atoms with Crippen molar-refractivity contribution in [1.82, 2.24) is 4.98 Å². The molecule has 0 saturated carbocycles. The number of halogens is 1. The van der Waals surface area contributed by atoms with Crippen molar-refractivity contribution in [2.24, 2.45) is 0 Å². The number of nitro benzene ring substituents is 1. The van der Waals surface area contributed by atoms with Gasteiger partial charge in [-0.05, 0) is 53.0 Å². The number of aryl methyl sites for hydroxylation is 2. The second-order valence-electron chi connectivity index (χ2n) is 4.42. The van der Waals surface area contributed by atoms with Gasteiger partial charge in [-0.3, -0.25) is 10.1 Å². The summed E-state index contributed by atoms with van der Waals surface area (Å²) in [6.07, 6.45) is 0. The zero-order chi connectivity index (χ0) is 14.7. The quantitative estimate of drug-likeness (QED) is 0.456. The van der Waals surface area contributed by atoms with Gasteiger partial charge in [0.05, 0.1) is 14.4 Å². The lowest BCUT2D eigenvalue weighted by Crippen LogP contribution is -1.93. The molecule has 2 aromatic rings. The fourth-order valence-corrected chi connectivity index (χ4v) is 3.61. The van der Waals surface area contributed by atoms with Crippen LogP contribution in [0, 0.1) is 24.0 Å². The van der Waals surface area contributed by atoms with Crippen molar-refractivity contribution in [3.8, 4) is 0 Å². The third-order valence-corrected chi connectivity index (χ3v) is 4.58. The molecule has 0 saturated heterocycles. The lowest BCUT2D eigenvalue weighted by Gasteiger charge is -2.06. The van der Waals surface area contributed by atoms with Crippen LogP contribution in [-0.4, -0.2) is 9.91 Å². The van der Waals surface area contributed by atoms with Gasteiger partial charge >= 0.3 is 0 Å². The van der Waals surface area contributed by atoms with Gasteiger partial charge in [-0.1, -0.05) is 12.1 Å². The van der Waals surface area contributed by atoms with E-state index in [2.05, 4.69) is 20.9 Å². The molecule has 1 aromatic heterocycles. The summed E-state index contributed by atoms with van der Waals surface area (Å²) in [4.78, 5) is 15.0. The van der Waals surface area contributed by atoms with Gasteiger partial charge in [-0.25, -0.2) is 4.98 Å². The van der Waals surface area contributed by atoms with Crippen LogP contribution in [0.2, 0.25) is 0 Å². The number of pyridine rings is 1. The van der Waals surface area contributed by atoms with E-state index >= 15 is 0 Å². The Balaban J connectivity index is 2.19. The van der Waals surface area contributed by atoms with Gasteiger partial charge in [0.25, 0.3) is 5.69 Å². The number of thioether (sulfide) groups is 1. The summed E-state index contributed by atoms with van der Waals surface area (Å²) in [6.45, 7) is 3.99. The molecule has 0 fully saturated rings. The standard InChI is InChI=1S/C14H13BrN2O2S/c1-9-6-10(2)16-13(7-9)20-8-11-4-3-5-12(14(11)15)17(18)19/h3-7H,8H2,1-2H3. The molecule has 0 spiro atoms. The third-order valence-electron chi connectivity index (χ3n) is 2.70. The molecule has 0 unspecified atom stereocenters. The van der Waals surface area contributed by atoms with E-state index in [4.69, 9.17) is 0 Å². The van der Waals surface area contributed by atoms with E-state index in [0.29, 0.717) is 10.2 Å². The number of rotatable bonds is 4. The topological polar surface area (TPSA) is 56.0 Å². The molecule has 104 valence electrons. The van der Waals surface area contributed by atoms with E-state index < -0.39 is 0 Å². The second kappa shape index (κ2) is 6.37. The summed E-state index contributed by atoms with van der Waals surface area (Å²) in [5.41, 5.74) is 3.13. The van der Waals surface area contributed by atoms with Crippen molar-refractivity contribution >= 4 is 33.4 Å². The van der Waals surface area contributed by atoms with Crippen molar-refractivity contribution in [2.75, 3.05) is 0 Å². The van der Waals surface area contributed by atoms with Crippen LogP contribution in [0.1, 0.15) is 16.8 Å². The van der Waals surface area contributed by atoms with Crippen LogP contribution < -0.4 is 0 Å². The molecule has 0 bridgehead atoms. The maximum absolute atomic E-state index is 10.9. The molecule has 20 heavy (non-hydrogen) atoms. The van der Waals surface area contributed by atoms with Gasteiger partial charge in [-0.2, -0.15) is 0 Å². The molecule has 4 nitrogen and oxygen atoms in total. The van der Waals surface area contributed by atoms with Gasteiger partial charge in [0.2, 0.25) is 0 Å². The van der Waals surface area contributed by atoms with Crippen molar-refractivity contribution in [3.05, 3.63) is 61.7 Å². The number of nitro groups is 1. The van der Waals surface area contributed by atoms with Gasteiger partial charge in [0.1, 0.15) is 0 Å². The molecular weight excluding hydrogens is 340 g/mol. The first-order valence-corrected chi connectivity index (χ1v) is 7.75. The van der Waals surface area contributed by atoms with E-state index in [-0.39, 0.29) is 10.6 Å². The molecule has 0 N–H and O–H groups in total. The molecule has 0 atom stereocenters. The maximum atomic E-state index is 10.9. The zero-order valence-electron chi connectivity index (χ0n) is 11.1. The number of hydrogen-bond donors (Lipinski definition) is 0. The molecule has 0 radical (unpaired) electrons. The summed E-state index contributed by atoms with van der Waals surface area (Å²) in [5.74, 6) is 0.637. The van der Waals surface area contributed by atoms with Crippen molar-refractivity contribution in [2.45, 2.75) is 24.6 Å². The number of hydrogen-bond acceptors (Lipinski definition) is 4. The van der Waals surface area contributed by atoms with Crippen LogP contribution in [0.3, 0.4) is 0 Å². The highest BCUT2D eigenvalue weighted by Crippen LogP contribution is 2.32. The zero-order valence-corrected chi connectivity index (χ0v) is 13.5. The van der Waals surface area contributed by atoms with Crippen LogP contribution in [0.4, 0.5) is 5.69 Å². The largest absolute Gasteiger partial charge is 0.283 e. The van der Waals surface area contributed by atoms with Crippen molar-refractivity contribution in [1.29, 1.82) is 0 Å². The minimum absolute atomic E-state index is 0.0940. The Morgan fingerprint density at radius 2 is 2.10 bits per heavy atom. The van der Waals surface area contributed by atoms with Crippen molar-refractivity contribution < 1.29 is 4.92 Å². The Morgan fingerprint density at radius 1 is 1.35 bits per heavy atom. The molecule has 2 rings (SSSR count). The first kappa shape index (κ1) is 15.0. The van der Waals surface area contributed by atoms with Crippen LogP contribution in [0.25, 0.3) is 0 Å². The van der Waals surface area contributed by atoms with E-state index in [0.717, 1.165) is 21.8 Å². The Morgan fingerprint density at radius 3 is 2.75 bits per heavy atom. The number of benzene rings is 1. The fourth-order valence-electron chi connectivity index (χ4n) is 1.85. The molecule has 1 aromatic carbocycles. The van der Waals surface area contributed by atoms with Crippen LogP contribution >= 0.6 is 27.7 Å². The van der Waals surface area contributed by atoms with Gasteiger partial charge in [0.15, 0.2) is 0 Å². The average Bonchev–Trinajstić information content (AvgIpc) is 2.36. The molecule has 0 aliphatic carbocycles. The Labute approximate surface area is 129 Å². The smallest absolute Gasteiger partial charge is 0.258 e. The van der Waals surface area contributed by atoms with E-state index in [1.165, 1.54) is 6.07 Å². The highest BCUT2D eigenvalue weighted by atomic mass is 79.9. The summed E-state index contributed by atoms with van der Waals surface area (Å²) in [6, 6.07) is 9.12. The van der Waals surface area contributed by atoms with Crippen LogP contribution in [-0.2, 0) is 5.75 Å². The van der Waals surface area contributed by atoms with Gasteiger partial charge < -0.3 is 0 Å². The maximum Gasteiger partial charge on any atom is 0.283 e. The summed E-state index contributed by atoms with van der Waals surface area (Å²) >= 11 is 4.88. The average molecular weight is 353 g/mol. The normalized spacial score (nSPS) is 10.6. The highest BCUT2D eigenvalue weighted by molar-refractivity contribution is 9.10. The van der Waals surface area contributed by atoms with Crippen LogP contribution in [0.15, 0.2) is 39.8 Å². The lowest BCUT2D eigenvalue weighted by molar-refractivity contribution is -0.385. The first-order valence-electron chi connectivity index (χ1n) is 5.97. The minimum atomic E-state index is -0.382. The van der Waals surface area contributed by atoms with Gasteiger partial charge in [-0.15, -0.1) is 11.8 Å². The second-order valence-corrected chi connectivity index (χ2v) is 6.21. The molecule has 0 aliphatic heterocycles. The predicted octanol–water partition coefficient (Wildman–Crippen LogP) is 4.66. The van der Waals surface area contributed by atoms with Crippen molar-refractivity contribution in [3.63, 3.8) is 0 Å². The SMILES string of the molecule is Cc1cc(C)nc(SCc2cccc([N+](=O)[O-])c2Br)c1. The molecule has 0 amide bonds. The number of nitrogens with zero attached hydrogens (tertiary/aromatic N) is 2. The highest BCUT2D eigenvalue weighted by Gasteiger charge is 2.14. The summed E-state index contributed by atoms with van der Waals surface area (Å²) < 4.78 is 0.543. The molecular formula is C14H13BrN2O2S. The Kier molecular flexibility index (Phi) is 4.77. The third kappa shape index (κ3) is 3.58. The van der Waals surface area contributed by atoms with E-state index in [9.17, 15) is 10.1 Å². The van der Waals surface area contributed by atoms with Crippen LogP contribution in [0.5, 0.6) is 0 Å². The first-order chi connectivity index (χ1) is 9.47. The monoisotopic (exact) mass is 352 g/mol. The molecule has 6 heteroatoms. The Hall–Kier alpha value is -1.40. The summed E-state index contributed by atoms with van der Waals surface area (Å²) in [7, 11) is 0. The van der Waals surface area contributed by atoms with E-state index in [1.807, 2.05) is 32.0 Å². The van der Waals surface area contributed by atoms with Gasteiger partial charge in [0, 0.05) is 17.5 Å².